The lowest BCUT2D eigenvalue weighted by Gasteiger charge is -2.05. The van der Waals surface area contributed by atoms with Crippen LogP contribution in [-0.2, 0) is 12.8 Å². The van der Waals surface area contributed by atoms with Gasteiger partial charge in [-0.1, -0.05) is 51.1 Å². The second kappa shape index (κ2) is 5.75. The molecule has 5 heteroatoms. The fraction of sp³-hybridized carbons (Fsp3) is 0.353. The van der Waals surface area contributed by atoms with Crippen LogP contribution in [0.4, 0.5) is 0 Å². The molecule has 114 valence electrons. The summed E-state index contributed by atoms with van der Waals surface area (Å²) < 4.78 is 1.72. The third kappa shape index (κ3) is 2.54. The normalized spacial score (nSPS) is 11.5. The molecular formula is C17H20N4O. The van der Waals surface area contributed by atoms with Gasteiger partial charge in [0.2, 0.25) is 0 Å². The van der Waals surface area contributed by atoms with Crippen LogP contribution >= 0.6 is 0 Å². The summed E-state index contributed by atoms with van der Waals surface area (Å²) in [4.78, 5) is 20.0. The molecule has 0 atom stereocenters. The molecule has 2 heterocycles. The van der Waals surface area contributed by atoms with Crippen LogP contribution in [0.2, 0.25) is 0 Å². The molecule has 3 rings (SSSR count). The number of aromatic amines is 1. The number of aromatic nitrogens is 4. The Morgan fingerprint density at radius 2 is 1.95 bits per heavy atom. The van der Waals surface area contributed by atoms with E-state index in [0.29, 0.717) is 17.3 Å². The number of hydrogen-bond acceptors (Lipinski definition) is 3. The van der Waals surface area contributed by atoms with Gasteiger partial charge >= 0.3 is 0 Å². The molecule has 2 aromatic heterocycles. The monoisotopic (exact) mass is 296 g/mol. The minimum atomic E-state index is -0.131. The molecule has 0 aliphatic rings. The molecule has 0 saturated carbocycles. The van der Waals surface area contributed by atoms with Crippen LogP contribution in [0.3, 0.4) is 0 Å². The maximum atomic E-state index is 12.5. The van der Waals surface area contributed by atoms with E-state index >= 15 is 0 Å². The largest absolute Gasteiger partial charge is 0.303 e. The smallest absolute Gasteiger partial charge is 0.277 e. The van der Waals surface area contributed by atoms with Crippen LogP contribution in [0, 0.1) is 5.92 Å². The van der Waals surface area contributed by atoms with E-state index < -0.39 is 0 Å². The zero-order valence-corrected chi connectivity index (χ0v) is 13.1. The van der Waals surface area contributed by atoms with Crippen molar-refractivity contribution >= 4 is 5.52 Å². The average molecular weight is 296 g/mol. The van der Waals surface area contributed by atoms with Gasteiger partial charge in [-0.25, -0.2) is 9.50 Å². The summed E-state index contributed by atoms with van der Waals surface area (Å²) in [6.45, 7) is 6.28. The molecule has 0 aliphatic heterocycles. The number of benzene rings is 1. The molecule has 0 amide bonds. The van der Waals surface area contributed by atoms with Crippen molar-refractivity contribution in [3.05, 3.63) is 52.2 Å². The highest BCUT2D eigenvalue weighted by atomic mass is 16.1. The molecule has 0 aliphatic carbocycles. The second-order valence-electron chi connectivity index (χ2n) is 5.86. The van der Waals surface area contributed by atoms with E-state index in [1.165, 1.54) is 0 Å². The van der Waals surface area contributed by atoms with Crippen LogP contribution in [0.25, 0.3) is 16.9 Å². The molecule has 0 unspecified atom stereocenters. The van der Waals surface area contributed by atoms with E-state index in [1.807, 2.05) is 37.3 Å². The van der Waals surface area contributed by atoms with E-state index in [-0.39, 0.29) is 5.56 Å². The van der Waals surface area contributed by atoms with Crippen molar-refractivity contribution in [3.8, 4) is 11.4 Å². The summed E-state index contributed by atoms with van der Waals surface area (Å²) in [5.41, 5.74) is 2.14. The van der Waals surface area contributed by atoms with E-state index in [0.717, 1.165) is 29.9 Å². The third-order valence-corrected chi connectivity index (χ3v) is 3.61. The first-order valence-electron chi connectivity index (χ1n) is 7.66. The number of aryl methyl sites for hydroxylation is 1. The van der Waals surface area contributed by atoms with Gasteiger partial charge < -0.3 is 4.98 Å². The molecule has 0 spiro atoms. The van der Waals surface area contributed by atoms with Gasteiger partial charge in [0.1, 0.15) is 5.82 Å². The fourth-order valence-corrected chi connectivity index (χ4v) is 2.60. The highest BCUT2D eigenvalue weighted by Gasteiger charge is 2.16. The predicted octanol–water partition coefficient (Wildman–Crippen LogP) is 2.85. The first kappa shape index (κ1) is 14.5. The van der Waals surface area contributed by atoms with Crippen LogP contribution < -0.4 is 5.56 Å². The molecule has 1 aromatic carbocycles. The Morgan fingerprint density at radius 3 is 2.59 bits per heavy atom. The highest BCUT2D eigenvalue weighted by Crippen LogP contribution is 2.16. The molecule has 0 saturated heterocycles. The molecule has 0 fully saturated rings. The molecule has 0 radical (unpaired) electrons. The maximum Gasteiger partial charge on any atom is 0.277 e. The van der Waals surface area contributed by atoms with Crippen molar-refractivity contribution in [2.45, 2.75) is 33.6 Å². The fourth-order valence-electron chi connectivity index (χ4n) is 2.60. The summed E-state index contributed by atoms with van der Waals surface area (Å²) in [5.74, 6) is 1.88. The topological polar surface area (TPSA) is 63.1 Å². The number of H-pyrrole nitrogens is 1. The standard InChI is InChI=1S/C17H20N4O/c1-4-13-15-17(22)19-16(12-8-6-5-7-9-12)20-21(15)14(18-13)10-11(2)3/h5-9,11H,4,10H2,1-3H3,(H,19,20,22). The van der Waals surface area contributed by atoms with Gasteiger partial charge in [0.25, 0.3) is 5.56 Å². The highest BCUT2D eigenvalue weighted by molar-refractivity contribution is 5.57. The van der Waals surface area contributed by atoms with Crippen molar-refractivity contribution in [1.82, 2.24) is 19.6 Å². The van der Waals surface area contributed by atoms with E-state index in [1.54, 1.807) is 4.52 Å². The molecule has 22 heavy (non-hydrogen) atoms. The van der Waals surface area contributed by atoms with E-state index in [4.69, 9.17) is 0 Å². The lowest BCUT2D eigenvalue weighted by molar-refractivity contribution is 0.606. The predicted molar refractivity (Wildman–Crippen MR) is 87.0 cm³/mol. The van der Waals surface area contributed by atoms with Crippen molar-refractivity contribution in [2.75, 3.05) is 0 Å². The SMILES string of the molecule is CCc1nc(CC(C)C)n2nc(-c3ccccc3)[nH]c(=O)c12. The van der Waals surface area contributed by atoms with Gasteiger partial charge in [-0.15, -0.1) is 5.10 Å². The zero-order chi connectivity index (χ0) is 15.7. The number of nitrogens with zero attached hydrogens (tertiary/aromatic N) is 3. The summed E-state index contributed by atoms with van der Waals surface area (Å²) >= 11 is 0. The number of nitrogens with one attached hydrogen (secondary N) is 1. The average Bonchev–Trinajstić information content (AvgIpc) is 2.86. The van der Waals surface area contributed by atoms with Gasteiger partial charge in [-0.2, -0.15) is 0 Å². The molecule has 1 N–H and O–H groups in total. The number of hydrogen-bond donors (Lipinski definition) is 1. The molecule has 5 nitrogen and oxygen atoms in total. The maximum absolute atomic E-state index is 12.5. The lowest BCUT2D eigenvalue weighted by Crippen LogP contribution is -2.16. The van der Waals surface area contributed by atoms with Gasteiger partial charge in [0.05, 0.1) is 5.69 Å². The minimum absolute atomic E-state index is 0.131. The Balaban J connectivity index is 2.25. The van der Waals surface area contributed by atoms with E-state index in [2.05, 4.69) is 28.9 Å². The Labute approximate surface area is 129 Å². The van der Waals surface area contributed by atoms with Gasteiger partial charge in [0, 0.05) is 12.0 Å². The summed E-state index contributed by atoms with van der Waals surface area (Å²) in [5, 5.41) is 4.63. The quantitative estimate of drug-likeness (QED) is 0.805. The number of imidazole rings is 1. The minimum Gasteiger partial charge on any atom is -0.303 e. The molecule has 3 aromatic rings. The van der Waals surface area contributed by atoms with Crippen molar-refractivity contribution in [3.63, 3.8) is 0 Å². The second-order valence-corrected chi connectivity index (χ2v) is 5.86. The van der Waals surface area contributed by atoms with Gasteiger partial charge in [-0.3, -0.25) is 4.79 Å². The molecular weight excluding hydrogens is 276 g/mol. The molecule has 0 bridgehead atoms. The summed E-state index contributed by atoms with van der Waals surface area (Å²) in [6, 6.07) is 9.67. The van der Waals surface area contributed by atoms with Crippen LogP contribution in [0.1, 0.15) is 32.3 Å². The Morgan fingerprint density at radius 1 is 1.23 bits per heavy atom. The van der Waals surface area contributed by atoms with Crippen molar-refractivity contribution in [2.24, 2.45) is 5.92 Å². The Bertz CT molecular complexity index is 846. The van der Waals surface area contributed by atoms with Crippen LogP contribution in [0.15, 0.2) is 35.1 Å². The Kier molecular flexibility index (Phi) is 3.79. The zero-order valence-electron chi connectivity index (χ0n) is 13.1. The Hall–Kier alpha value is -2.43. The lowest BCUT2D eigenvalue weighted by atomic mass is 10.1. The van der Waals surface area contributed by atoms with Crippen LogP contribution in [-0.4, -0.2) is 19.6 Å². The summed E-state index contributed by atoms with van der Waals surface area (Å²) in [7, 11) is 0. The number of fused-ring (bicyclic) bond motifs is 1. The third-order valence-electron chi connectivity index (χ3n) is 3.61. The first-order valence-corrected chi connectivity index (χ1v) is 7.66. The van der Waals surface area contributed by atoms with Gasteiger partial charge in [-0.05, 0) is 12.3 Å². The van der Waals surface area contributed by atoms with Crippen LogP contribution in [0.5, 0.6) is 0 Å². The van der Waals surface area contributed by atoms with Crippen molar-refractivity contribution < 1.29 is 0 Å². The van der Waals surface area contributed by atoms with E-state index in [9.17, 15) is 4.79 Å². The van der Waals surface area contributed by atoms with Crippen molar-refractivity contribution in [1.29, 1.82) is 0 Å². The number of rotatable bonds is 4. The first-order chi connectivity index (χ1) is 10.6. The summed E-state index contributed by atoms with van der Waals surface area (Å²) in [6.07, 6.45) is 1.52. The van der Waals surface area contributed by atoms with Gasteiger partial charge in [0.15, 0.2) is 11.3 Å².